The van der Waals surface area contributed by atoms with Crippen LogP contribution < -0.4 is 9.13 Å². The number of fused-ring (bicyclic) bond motifs is 4. The lowest BCUT2D eigenvalue weighted by atomic mass is 9.89. The van der Waals surface area contributed by atoms with Crippen molar-refractivity contribution in [2.24, 2.45) is 14.1 Å². The van der Waals surface area contributed by atoms with Crippen molar-refractivity contribution in [1.82, 2.24) is 0 Å². The molecule has 190 valence electrons. The Morgan fingerprint density at radius 2 is 0.650 bits per heavy atom. The molecule has 2 heterocycles. The number of nitrogens with zero attached hydrogens (tertiary/aromatic N) is 2. The van der Waals surface area contributed by atoms with Crippen LogP contribution in [0.3, 0.4) is 0 Å². The highest BCUT2D eigenvalue weighted by Gasteiger charge is 2.21. The van der Waals surface area contributed by atoms with Gasteiger partial charge in [-0.2, -0.15) is 9.13 Å². The summed E-state index contributed by atoms with van der Waals surface area (Å²) in [5.74, 6) is 0. The Labute approximate surface area is 234 Å². The van der Waals surface area contributed by atoms with Crippen molar-refractivity contribution in [3.8, 4) is 0 Å². The van der Waals surface area contributed by atoms with Crippen LogP contribution in [0.15, 0.2) is 134 Å². The van der Waals surface area contributed by atoms with E-state index >= 15 is 0 Å². The molecule has 0 radical (unpaired) electrons. The van der Waals surface area contributed by atoms with E-state index in [-0.39, 0.29) is 0 Å². The van der Waals surface area contributed by atoms with Gasteiger partial charge < -0.3 is 0 Å². The summed E-state index contributed by atoms with van der Waals surface area (Å²) in [5, 5.41) is 4.82. The van der Waals surface area contributed by atoms with E-state index in [9.17, 15) is 0 Å². The van der Waals surface area contributed by atoms with E-state index in [2.05, 4.69) is 158 Å². The van der Waals surface area contributed by atoms with E-state index < -0.39 is 0 Å². The van der Waals surface area contributed by atoms with Crippen LogP contribution in [-0.2, 0) is 14.1 Å². The normalized spacial score (nSPS) is 11.4. The Hall–Kier alpha value is -5.08. The number of pyridine rings is 2. The second-order valence-corrected chi connectivity index (χ2v) is 10.5. The summed E-state index contributed by atoms with van der Waals surface area (Å²) in [6.07, 6.45) is 0. The van der Waals surface area contributed by atoms with Gasteiger partial charge in [0.25, 0.3) is 0 Å². The predicted octanol–water partition coefficient (Wildman–Crippen LogP) is 8.07. The van der Waals surface area contributed by atoms with Gasteiger partial charge in [-0.25, -0.2) is 0 Å². The summed E-state index contributed by atoms with van der Waals surface area (Å²) < 4.78 is 4.53. The summed E-state index contributed by atoms with van der Waals surface area (Å²) in [6, 6.07) is 43.1. The van der Waals surface area contributed by atoms with E-state index in [1.165, 1.54) is 54.7 Å². The van der Waals surface area contributed by atoms with E-state index in [0.717, 1.165) is 22.3 Å². The maximum Gasteiger partial charge on any atom is 0.213 e. The first kappa shape index (κ1) is 24.0. The highest BCUT2D eigenvalue weighted by atomic mass is 14.9. The smallest absolute Gasteiger partial charge is 0.194 e. The van der Waals surface area contributed by atoms with E-state index in [4.69, 9.17) is 0 Å². The first-order valence-corrected chi connectivity index (χ1v) is 13.6. The molecule has 0 bridgehead atoms. The van der Waals surface area contributed by atoms with E-state index in [0.29, 0.717) is 0 Å². The van der Waals surface area contributed by atoms with Crippen LogP contribution in [0.1, 0.15) is 22.3 Å². The summed E-state index contributed by atoms with van der Waals surface area (Å²) in [5.41, 5.74) is 11.4. The van der Waals surface area contributed by atoms with Gasteiger partial charge in [-0.3, -0.25) is 0 Å². The minimum Gasteiger partial charge on any atom is -0.194 e. The molecule has 40 heavy (non-hydrogen) atoms. The van der Waals surface area contributed by atoms with Gasteiger partial charge in [-0.15, -0.1) is 0 Å². The zero-order chi connectivity index (χ0) is 27.4. The third-order valence-electron chi connectivity index (χ3n) is 8.32. The fraction of sp³-hybridized carbons (Fsp3) is 0.0526. The summed E-state index contributed by atoms with van der Waals surface area (Å²) in [6.45, 7) is 9.23. The molecule has 7 rings (SSSR count). The van der Waals surface area contributed by atoms with E-state index in [1.54, 1.807) is 0 Å². The molecule has 5 aromatic carbocycles. The average Bonchev–Trinajstić information content (AvgIpc) is 3.01. The van der Waals surface area contributed by atoms with Gasteiger partial charge in [0, 0.05) is 35.4 Å². The lowest BCUT2D eigenvalue weighted by molar-refractivity contribution is -0.617. The maximum absolute atomic E-state index is 4.61. The van der Waals surface area contributed by atoms with E-state index in [1.807, 2.05) is 0 Å². The number of aryl methyl sites for hydroxylation is 2. The van der Waals surface area contributed by atoms with Crippen molar-refractivity contribution < 1.29 is 9.13 Å². The van der Waals surface area contributed by atoms with Gasteiger partial charge in [-0.1, -0.05) is 86.0 Å². The Balaban J connectivity index is 1.36. The standard InChI is InChI=1S/C38H30N2/c1-25(37-29-13-5-9-17-33(29)39(3)34-18-10-6-14-30(34)37)27-21-23-28(24-22-27)26(2)38-31-15-7-11-19-35(31)40(4)36-20-12-8-16-32(36)38/h5-24H,1-2H2,3-4H3/q+2. The topological polar surface area (TPSA) is 7.76 Å². The first-order valence-electron chi connectivity index (χ1n) is 13.6. The molecule has 0 spiro atoms. The average molecular weight is 515 g/mol. The predicted molar refractivity (Wildman–Crippen MR) is 168 cm³/mol. The summed E-state index contributed by atoms with van der Waals surface area (Å²) in [7, 11) is 4.27. The monoisotopic (exact) mass is 514 g/mol. The zero-order valence-corrected chi connectivity index (χ0v) is 22.9. The van der Waals surface area contributed by atoms with Crippen molar-refractivity contribution in [1.29, 1.82) is 0 Å². The maximum atomic E-state index is 4.61. The molecule has 0 saturated carbocycles. The molecular formula is C38H30N2+2. The molecule has 0 aliphatic heterocycles. The number of para-hydroxylation sites is 4. The lowest BCUT2D eigenvalue weighted by Crippen LogP contribution is -2.30. The van der Waals surface area contributed by atoms with Crippen LogP contribution in [0.25, 0.3) is 54.8 Å². The van der Waals surface area contributed by atoms with Gasteiger partial charge in [0.2, 0.25) is 22.1 Å². The van der Waals surface area contributed by atoms with Crippen LogP contribution in [0, 0.1) is 0 Å². The largest absolute Gasteiger partial charge is 0.213 e. The van der Waals surface area contributed by atoms with Crippen LogP contribution in [0.4, 0.5) is 0 Å². The Morgan fingerprint density at radius 3 is 0.925 bits per heavy atom. The molecule has 0 unspecified atom stereocenters. The number of hydrogen-bond donors (Lipinski definition) is 0. The highest BCUT2D eigenvalue weighted by Crippen LogP contribution is 2.36. The molecule has 0 aliphatic carbocycles. The summed E-state index contributed by atoms with van der Waals surface area (Å²) >= 11 is 0. The number of aromatic nitrogens is 2. The number of rotatable bonds is 4. The number of benzene rings is 5. The van der Waals surface area contributed by atoms with Gasteiger partial charge in [0.05, 0.1) is 21.5 Å². The summed E-state index contributed by atoms with van der Waals surface area (Å²) in [4.78, 5) is 0. The quantitative estimate of drug-likeness (QED) is 0.166. The second kappa shape index (κ2) is 9.29. The molecule has 2 aromatic heterocycles. The second-order valence-electron chi connectivity index (χ2n) is 10.5. The molecule has 0 N–H and O–H groups in total. The van der Waals surface area contributed by atoms with Crippen molar-refractivity contribution in [2.75, 3.05) is 0 Å². The van der Waals surface area contributed by atoms with Crippen molar-refractivity contribution >= 4 is 54.8 Å². The van der Waals surface area contributed by atoms with Crippen LogP contribution in [-0.4, -0.2) is 0 Å². The molecule has 0 saturated heterocycles. The van der Waals surface area contributed by atoms with Crippen molar-refractivity contribution in [3.05, 3.63) is 157 Å². The molecule has 0 fully saturated rings. The molecular weight excluding hydrogens is 484 g/mol. The zero-order valence-electron chi connectivity index (χ0n) is 22.9. The van der Waals surface area contributed by atoms with Crippen molar-refractivity contribution in [3.63, 3.8) is 0 Å². The number of hydrogen-bond acceptors (Lipinski definition) is 0. The molecule has 7 aromatic rings. The molecule has 0 amide bonds. The van der Waals surface area contributed by atoms with Crippen molar-refractivity contribution in [2.45, 2.75) is 0 Å². The van der Waals surface area contributed by atoms with Gasteiger partial charge in [0.1, 0.15) is 14.1 Å². The molecule has 2 nitrogen and oxygen atoms in total. The SMILES string of the molecule is C=C(c1ccc(C(=C)c2c3ccccc3[n+](C)c3ccccc23)cc1)c1c2ccccc2[n+](C)c2ccccc12. The Bertz CT molecular complexity index is 1880. The third kappa shape index (κ3) is 3.57. The van der Waals surface area contributed by atoms with Crippen LogP contribution in [0.5, 0.6) is 0 Å². The Kier molecular flexibility index (Phi) is 5.57. The van der Waals surface area contributed by atoms with Gasteiger partial charge in [-0.05, 0) is 46.5 Å². The minimum absolute atomic E-state index is 1.02. The fourth-order valence-corrected chi connectivity index (χ4v) is 6.27. The lowest BCUT2D eigenvalue weighted by Gasteiger charge is -2.15. The fourth-order valence-electron chi connectivity index (χ4n) is 6.27. The molecule has 0 aliphatic rings. The van der Waals surface area contributed by atoms with Crippen LogP contribution in [0.2, 0.25) is 0 Å². The third-order valence-corrected chi connectivity index (χ3v) is 8.32. The molecule has 2 heteroatoms. The first-order chi connectivity index (χ1) is 19.5. The molecule has 0 atom stereocenters. The minimum atomic E-state index is 1.02. The van der Waals surface area contributed by atoms with Gasteiger partial charge >= 0.3 is 0 Å². The highest BCUT2D eigenvalue weighted by molar-refractivity contribution is 6.07. The Morgan fingerprint density at radius 1 is 0.400 bits per heavy atom. The van der Waals surface area contributed by atoms with Gasteiger partial charge in [0.15, 0.2) is 0 Å². The van der Waals surface area contributed by atoms with Crippen LogP contribution >= 0.6 is 0 Å².